The molecule has 0 fully saturated rings. The average molecular weight is 242 g/mol. The molecule has 3 nitrogen and oxygen atoms in total. The van der Waals surface area contributed by atoms with Gasteiger partial charge < -0.3 is 9.84 Å². The summed E-state index contributed by atoms with van der Waals surface area (Å²) < 4.78 is 5.02. The van der Waals surface area contributed by atoms with Gasteiger partial charge in [-0.1, -0.05) is 15.9 Å². The molecule has 0 heterocycles. The van der Waals surface area contributed by atoms with E-state index in [0.717, 1.165) is 0 Å². The standard InChI is InChI=1S/C9H8BrNO2/c1-13-8-3-2-6(5-11)9(12)7(8)4-10/h2-3,12H,4H2,1H3. The number of phenolic OH excluding ortho intramolecular Hbond substituents is 1. The lowest BCUT2D eigenvalue weighted by Gasteiger charge is -2.08. The fourth-order valence-electron chi connectivity index (χ4n) is 1.03. The first-order valence-electron chi connectivity index (χ1n) is 3.59. The van der Waals surface area contributed by atoms with Crippen LogP contribution in [0.15, 0.2) is 12.1 Å². The Morgan fingerprint density at radius 2 is 2.31 bits per heavy atom. The van der Waals surface area contributed by atoms with Crippen molar-refractivity contribution in [3.8, 4) is 17.6 Å². The van der Waals surface area contributed by atoms with Crippen molar-refractivity contribution in [2.75, 3.05) is 7.11 Å². The zero-order valence-corrected chi connectivity index (χ0v) is 8.63. The second-order valence-electron chi connectivity index (χ2n) is 2.39. The van der Waals surface area contributed by atoms with Gasteiger partial charge in [0, 0.05) is 10.9 Å². The lowest BCUT2D eigenvalue weighted by molar-refractivity contribution is 0.402. The smallest absolute Gasteiger partial charge is 0.141 e. The van der Waals surface area contributed by atoms with Gasteiger partial charge in [-0.2, -0.15) is 5.26 Å². The third-order valence-corrected chi connectivity index (χ3v) is 2.27. The van der Waals surface area contributed by atoms with Gasteiger partial charge in [-0.05, 0) is 12.1 Å². The number of aromatic hydroxyl groups is 1. The third-order valence-electron chi connectivity index (χ3n) is 1.71. The maximum Gasteiger partial charge on any atom is 0.141 e. The predicted octanol–water partition coefficient (Wildman–Crippen LogP) is 2.17. The Labute approximate surface area is 84.7 Å². The minimum Gasteiger partial charge on any atom is -0.506 e. The van der Waals surface area contributed by atoms with Crippen LogP contribution in [0.3, 0.4) is 0 Å². The van der Waals surface area contributed by atoms with Crippen LogP contribution in [0, 0.1) is 11.3 Å². The molecule has 0 saturated heterocycles. The summed E-state index contributed by atoms with van der Waals surface area (Å²) in [6, 6.07) is 5.08. The second kappa shape index (κ2) is 4.15. The normalized spacial score (nSPS) is 9.31. The van der Waals surface area contributed by atoms with E-state index in [9.17, 15) is 5.11 Å². The van der Waals surface area contributed by atoms with Crippen molar-refractivity contribution in [1.29, 1.82) is 5.26 Å². The minimum atomic E-state index is -0.0151. The molecule has 0 saturated carbocycles. The summed E-state index contributed by atoms with van der Waals surface area (Å²) in [5.41, 5.74) is 0.858. The highest BCUT2D eigenvalue weighted by molar-refractivity contribution is 9.08. The lowest BCUT2D eigenvalue weighted by Crippen LogP contribution is -1.91. The van der Waals surface area contributed by atoms with Crippen molar-refractivity contribution in [2.45, 2.75) is 5.33 Å². The molecule has 0 aliphatic rings. The summed E-state index contributed by atoms with van der Waals surface area (Å²) in [6.45, 7) is 0. The van der Waals surface area contributed by atoms with E-state index in [0.29, 0.717) is 16.6 Å². The number of phenols is 1. The predicted molar refractivity (Wildman–Crippen MR) is 52.0 cm³/mol. The Morgan fingerprint density at radius 3 is 2.77 bits per heavy atom. The van der Waals surface area contributed by atoms with Gasteiger partial charge >= 0.3 is 0 Å². The van der Waals surface area contributed by atoms with E-state index >= 15 is 0 Å². The Hall–Kier alpha value is -1.21. The van der Waals surface area contributed by atoms with E-state index in [1.54, 1.807) is 6.07 Å². The van der Waals surface area contributed by atoms with Gasteiger partial charge in [0.05, 0.1) is 12.7 Å². The summed E-state index contributed by atoms with van der Waals surface area (Å²) in [5, 5.41) is 18.7. The molecule has 1 aromatic carbocycles. The Bertz CT molecular complexity index is 357. The van der Waals surface area contributed by atoms with E-state index in [2.05, 4.69) is 15.9 Å². The number of nitriles is 1. The highest BCUT2D eigenvalue weighted by Crippen LogP contribution is 2.32. The van der Waals surface area contributed by atoms with Crippen LogP contribution in [0.1, 0.15) is 11.1 Å². The molecule has 0 aliphatic carbocycles. The fraction of sp³-hybridized carbons (Fsp3) is 0.222. The van der Waals surface area contributed by atoms with Crippen LogP contribution in [0.25, 0.3) is 0 Å². The molecular weight excluding hydrogens is 234 g/mol. The molecule has 0 unspecified atom stereocenters. The zero-order chi connectivity index (χ0) is 9.84. The Morgan fingerprint density at radius 1 is 1.62 bits per heavy atom. The van der Waals surface area contributed by atoms with Gasteiger partial charge in [0.25, 0.3) is 0 Å². The highest BCUT2D eigenvalue weighted by Gasteiger charge is 2.11. The van der Waals surface area contributed by atoms with Crippen molar-refractivity contribution in [3.05, 3.63) is 23.3 Å². The van der Waals surface area contributed by atoms with E-state index < -0.39 is 0 Å². The highest BCUT2D eigenvalue weighted by atomic mass is 79.9. The average Bonchev–Trinajstić information content (AvgIpc) is 2.17. The molecular formula is C9H8BrNO2. The maximum absolute atomic E-state index is 9.57. The van der Waals surface area contributed by atoms with Gasteiger partial charge in [-0.25, -0.2) is 0 Å². The van der Waals surface area contributed by atoms with Crippen LogP contribution in [-0.4, -0.2) is 12.2 Å². The summed E-state index contributed by atoms with van der Waals surface area (Å²) >= 11 is 3.21. The number of ether oxygens (including phenoxy) is 1. The molecule has 68 valence electrons. The van der Waals surface area contributed by atoms with Crippen molar-refractivity contribution >= 4 is 15.9 Å². The van der Waals surface area contributed by atoms with Gasteiger partial charge in [0.2, 0.25) is 0 Å². The monoisotopic (exact) mass is 241 g/mol. The van der Waals surface area contributed by atoms with Crippen LogP contribution in [0.2, 0.25) is 0 Å². The molecule has 0 aromatic heterocycles. The van der Waals surface area contributed by atoms with E-state index in [-0.39, 0.29) is 11.3 Å². The number of rotatable bonds is 2. The number of hydrogen-bond donors (Lipinski definition) is 1. The fourth-order valence-corrected chi connectivity index (χ4v) is 1.57. The molecule has 1 rings (SSSR count). The molecule has 1 N–H and O–H groups in total. The van der Waals surface area contributed by atoms with Gasteiger partial charge in [0.1, 0.15) is 17.6 Å². The van der Waals surface area contributed by atoms with Crippen LogP contribution in [-0.2, 0) is 5.33 Å². The molecule has 0 amide bonds. The summed E-state index contributed by atoms with van der Waals surface area (Å²) in [5.74, 6) is 0.562. The van der Waals surface area contributed by atoms with Crippen molar-refractivity contribution < 1.29 is 9.84 Å². The molecule has 0 atom stereocenters. The summed E-state index contributed by atoms with van der Waals surface area (Å²) in [7, 11) is 1.52. The molecule has 1 aromatic rings. The number of nitrogens with zero attached hydrogens (tertiary/aromatic N) is 1. The van der Waals surface area contributed by atoms with Gasteiger partial charge in [-0.15, -0.1) is 0 Å². The van der Waals surface area contributed by atoms with E-state index in [1.165, 1.54) is 13.2 Å². The Balaban J connectivity index is 3.34. The van der Waals surface area contributed by atoms with Gasteiger partial charge in [0.15, 0.2) is 0 Å². The molecule has 0 aliphatic heterocycles. The quantitative estimate of drug-likeness (QED) is 0.808. The van der Waals surface area contributed by atoms with Crippen molar-refractivity contribution in [3.63, 3.8) is 0 Å². The first-order valence-corrected chi connectivity index (χ1v) is 4.71. The second-order valence-corrected chi connectivity index (χ2v) is 2.95. The van der Waals surface area contributed by atoms with Crippen LogP contribution in [0.4, 0.5) is 0 Å². The molecule has 0 radical (unpaired) electrons. The molecule has 4 heteroatoms. The number of methoxy groups -OCH3 is 1. The maximum atomic E-state index is 9.57. The Kier molecular flexibility index (Phi) is 3.15. The SMILES string of the molecule is COc1ccc(C#N)c(O)c1CBr. The third kappa shape index (κ3) is 1.76. The zero-order valence-electron chi connectivity index (χ0n) is 7.04. The van der Waals surface area contributed by atoms with Crippen LogP contribution >= 0.6 is 15.9 Å². The van der Waals surface area contributed by atoms with Crippen molar-refractivity contribution in [1.82, 2.24) is 0 Å². The lowest BCUT2D eigenvalue weighted by atomic mass is 10.1. The summed E-state index contributed by atoms with van der Waals surface area (Å²) in [6.07, 6.45) is 0. The molecule has 13 heavy (non-hydrogen) atoms. The number of hydrogen-bond acceptors (Lipinski definition) is 3. The number of benzene rings is 1. The topological polar surface area (TPSA) is 53.2 Å². The summed E-state index contributed by atoms with van der Waals surface area (Å²) in [4.78, 5) is 0. The number of alkyl halides is 1. The van der Waals surface area contributed by atoms with Crippen LogP contribution < -0.4 is 4.74 Å². The first-order chi connectivity index (χ1) is 6.24. The minimum absolute atomic E-state index is 0.0151. The first kappa shape index (κ1) is 9.87. The van der Waals surface area contributed by atoms with E-state index in [4.69, 9.17) is 10.00 Å². The van der Waals surface area contributed by atoms with Gasteiger partial charge in [-0.3, -0.25) is 0 Å². The van der Waals surface area contributed by atoms with Crippen LogP contribution in [0.5, 0.6) is 11.5 Å². The van der Waals surface area contributed by atoms with E-state index in [1.807, 2.05) is 6.07 Å². The molecule has 0 spiro atoms. The molecule has 0 bridgehead atoms. The van der Waals surface area contributed by atoms with Crippen molar-refractivity contribution in [2.24, 2.45) is 0 Å². The largest absolute Gasteiger partial charge is 0.506 e. The number of halogens is 1.